The molecule has 0 atom stereocenters. The summed E-state index contributed by atoms with van der Waals surface area (Å²) in [6, 6.07) is 3.63. The van der Waals surface area contributed by atoms with Crippen molar-refractivity contribution in [2.45, 2.75) is 26.2 Å². The van der Waals surface area contributed by atoms with E-state index in [9.17, 15) is 4.79 Å². The molecule has 2 aliphatic heterocycles. The first-order valence-electron chi connectivity index (χ1n) is 6.75. The summed E-state index contributed by atoms with van der Waals surface area (Å²) >= 11 is 0. The predicted molar refractivity (Wildman–Crippen MR) is 75.8 cm³/mol. The number of halogens is 1. The summed E-state index contributed by atoms with van der Waals surface area (Å²) in [6.07, 6.45) is 3.52. The Morgan fingerprint density at radius 2 is 2.05 bits per heavy atom. The molecule has 0 aliphatic carbocycles. The molecule has 0 unspecified atom stereocenters. The van der Waals surface area contributed by atoms with E-state index in [2.05, 4.69) is 5.32 Å². The molecule has 1 aromatic heterocycles. The maximum atomic E-state index is 12.3. The number of hydrogen-bond acceptors (Lipinski definition) is 3. The summed E-state index contributed by atoms with van der Waals surface area (Å²) in [5, 5.41) is 3.39. The number of nitrogens with one attached hydrogen (secondary N) is 1. The Hall–Kier alpha value is -1.00. The van der Waals surface area contributed by atoms with E-state index in [0.717, 1.165) is 38.4 Å². The number of amides is 1. The number of piperidine rings is 1. The minimum absolute atomic E-state index is 0. The molecular formula is C14H21ClN2O2. The summed E-state index contributed by atoms with van der Waals surface area (Å²) in [6.45, 7) is 5.81. The van der Waals surface area contributed by atoms with Crippen molar-refractivity contribution in [3.63, 3.8) is 0 Å². The van der Waals surface area contributed by atoms with Crippen molar-refractivity contribution in [3.8, 4) is 0 Å². The lowest BCUT2D eigenvalue weighted by Crippen LogP contribution is -2.39. The molecule has 2 saturated heterocycles. The molecule has 0 saturated carbocycles. The standard InChI is InChI=1S/C14H20N2O2.ClH/c1-11-2-3-12(18-11)13(17)16-9-6-14(10-16)4-7-15-8-5-14;/h2-3,15H,4-10H2,1H3;1H. The third kappa shape index (κ3) is 2.79. The van der Waals surface area contributed by atoms with Crippen LogP contribution < -0.4 is 5.32 Å². The molecule has 0 aromatic carbocycles. The highest BCUT2D eigenvalue weighted by molar-refractivity contribution is 5.91. The van der Waals surface area contributed by atoms with Gasteiger partial charge in [-0.3, -0.25) is 4.79 Å². The Labute approximate surface area is 119 Å². The van der Waals surface area contributed by atoms with Crippen molar-refractivity contribution in [1.29, 1.82) is 0 Å². The Kier molecular flexibility index (Phi) is 4.21. The van der Waals surface area contributed by atoms with Crippen LogP contribution in [0.15, 0.2) is 16.5 Å². The number of rotatable bonds is 1. The van der Waals surface area contributed by atoms with Gasteiger partial charge in [0.05, 0.1) is 0 Å². The van der Waals surface area contributed by atoms with Crippen LogP contribution in [0.2, 0.25) is 0 Å². The minimum Gasteiger partial charge on any atom is -0.456 e. The van der Waals surface area contributed by atoms with Gasteiger partial charge in [-0.2, -0.15) is 0 Å². The molecule has 0 radical (unpaired) electrons. The van der Waals surface area contributed by atoms with Crippen LogP contribution in [0.4, 0.5) is 0 Å². The predicted octanol–water partition coefficient (Wildman–Crippen LogP) is 2.23. The van der Waals surface area contributed by atoms with Crippen molar-refractivity contribution < 1.29 is 9.21 Å². The summed E-state index contributed by atoms with van der Waals surface area (Å²) in [4.78, 5) is 14.3. The van der Waals surface area contributed by atoms with Crippen LogP contribution in [0.5, 0.6) is 0 Å². The summed E-state index contributed by atoms with van der Waals surface area (Å²) in [7, 11) is 0. The van der Waals surface area contributed by atoms with Crippen LogP contribution in [0.1, 0.15) is 35.6 Å². The second-order valence-electron chi connectivity index (χ2n) is 5.64. The van der Waals surface area contributed by atoms with E-state index in [0.29, 0.717) is 11.2 Å². The van der Waals surface area contributed by atoms with Gasteiger partial charge in [-0.15, -0.1) is 12.4 Å². The van der Waals surface area contributed by atoms with Gasteiger partial charge in [0, 0.05) is 13.1 Å². The van der Waals surface area contributed by atoms with Gasteiger partial charge in [0.2, 0.25) is 0 Å². The van der Waals surface area contributed by atoms with Crippen molar-refractivity contribution in [1.82, 2.24) is 10.2 Å². The summed E-state index contributed by atoms with van der Waals surface area (Å²) in [5.74, 6) is 1.34. The normalized spacial score (nSPS) is 21.4. The first-order chi connectivity index (χ1) is 8.69. The zero-order chi connectivity index (χ0) is 12.6. The number of carbonyl (C=O) groups is 1. The second kappa shape index (κ2) is 5.55. The molecule has 0 bridgehead atoms. The van der Waals surface area contributed by atoms with Crippen LogP contribution in [0, 0.1) is 12.3 Å². The number of nitrogens with zero attached hydrogens (tertiary/aromatic N) is 1. The molecule has 5 heteroatoms. The van der Waals surface area contributed by atoms with E-state index in [1.807, 2.05) is 17.9 Å². The third-order valence-corrected chi connectivity index (χ3v) is 4.34. The van der Waals surface area contributed by atoms with Gasteiger partial charge in [-0.05, 0) is 56.8 Å². The van der Waals surface area contributed by atoms with Gasteiger partial charge in [0.25, 0.3) is 5.91 Å². The lowest BCUT2D eigenvalue weighted by molar-refractivity contribution is 0.0729. The van der Waals surface area contributed by atoms with Crippen molar-refractivity contribution >= 4 is 18.3 Å². The Bertz CT molecular complexity index is 452. The van der Waals surface area contributed by atoms with Crippen LogP contribution in [0.3, 0.4) is 0 Å². The van der Waals surface area contributed by atoms with Crippen molar-refractivity contribution in [2.24, 2.45) is 5.41 Å². The smallest absolute Gasteiger partial charge is 0.289 e. The summed E-state index contributed by atoms with van der Waals surface area (Å²) < 4.78 is 5.43. The average molecular weight is 285 g/mol. The number of carbonyl (C=O) groups excluding carboxylic acids is 1. The van der Waals surface area contributed by atoms with Gasteiger partial charge in [-0.25, -0.2) is 0 Å². The highest BCUT2D eigenvalue weighted by atomic mass is 35.5. The molecule has 3 heterocycles. The van der Waals surface area contributed by atoms with Crippen molar-refractivity contribution in [3.05, 3.63) is 23.7 Å². The number of likely N-dealkylation sites (tertiary alicyclic amines) is 1. The van der Waals surface area contributed by atoms with Gasteiger partial charge >= 0.3 is 0 Å². The molecule has 1 N–H and O–H groups in total. The third-order valence-electron chi connectivity index (χ3n) is 4.34. The molecule has 106 valence electrons. The summed E-state index contributed by atoms with van der Waals surface area (Å²) in [5.41, 5.74) is 0.364. The van der Waals surface area contributed by atoms with Crippen molar-refractivity contribution in [2.75, 3.05) is 26.2 Å². The fourth-order valence-electron chi connectivity index (χ4n) is 3.18. The van der Waals surface area contributed by atoms with Gasteiger partial charge in [0.1, 0.15) is 5.76 Å². The van der Waals surface area contributed by atoms with E-state index < -0.39 is 0 Å². The fourth-order valence-corrected chi connectivity index (χ4v) is 3.18. The molecule has 4 nitrogen and oxygen atoms in total. The van der Waals surface area contributed by atoms with Gasteiger partial charge in [-0.1, -0.05) is 0 Å². The Balaban J connectivity index is 0.00000133. The maximum absolute atomic E-state index is 12.3. The molecule has 2 aliphatic rings. The molecule has 3 rings (SSSR count). The first kappa shape index (κ1) is 14.4. The average Bonchev–Trinajstić information content (AvgIpc) is 2.97. The first-order valence-corrected chi connectivity index (χ1v) is 6.75. The van der Waals surface area contributed by atoms with E-state index in [1.165, 1.54) is 12.8 Å². The molecule has 1 aromatic rings. The van der Waals surface area contributed by atoms with Gasteiger partial charge in [0.15, 0.2) is 5.76 Å². The van der Waals surface area contributed by atoms with E-state index in [-0.39, 0.29) is 18.3 Å². The molecule has 19 heavy (non-hydrogen) atoms. The quantitative estimate of drug-likeness (QED) is 0.860. The zero-order valence-corrected chi connectivity index (χ0v) is 12.1. The minimum atomic E-state index is 0. The molecular weight excluding hydrogens is 264 g/mol. The Morgan fingerprint density at radius 3 is 2.68 bits per heavy atom. The SMILES string of the molecule is Cc1ccc(C(=O)N2CCC3(CCNCC3)C2)o1.Cl. The largest absolute Gasteiger partial charge is 0.456 e. The van der Waals surface area contributed by atoms with Crippen LogP contribution in [-0.2, 0) is 0 Å². The molecule has 1 spiro atoms. The monoisotopic (exact) mass is 284 g/mol. The van der Waals surface area contributed by atoms with Gasteiger partial charge < -0.3 is 14.6 Å². The highest BCUT2D eigenvalue weighted by Gasteiger charge is 2.41. The number of furan rings is 1. The van der Waals surface area contributed by atoms with E-state index in [4.69, 9.17) is 4.42 Å². The maximum Gasteiger partial charge on any atom is 0.289 e. The van der Waals surface area contributed by atoms with E-state index in [1.54, 1.807) is 6.07 Å². The lowest BCUT2D eigenvalue weighted by atomic mass is 9.78. The van der Waals surface area contributed by atoms with E-state index >= 15 is 0 Å². The topological polar surface area (TPSA) is 45.5 Å². The fraction of sp³-hybridized carbons (Fsp3) is 0.643. The highest BCUT2D eigenvalue weighted by Crippen LogP contribution is 2.39. The second-order valence-corrected chi connectivity index (χ2v) is 5.64. The lowest BCUT2D eigenvalue weighted by Gasteiger charge is -2.33. The molecule has 2 fully saturated rings. The molecule has 1 amide bonds. The van der Waals surface area contributed by atoms with Crippen LogP contribution in [-0.4, -0.2) is 37.0 Å². The van der Waals surface area contributed by atoms with Crippen LogP contribution in [0.25, 0.3) is 0 Å². The number of aryl methyl sites for hydroxylation is 1. The Morgan fingerprint density at radius 1 is 1.32 bits per heavy atom. The zero-order valence-electron chi connectivity index (χ0n) is 11.3. The number of hydrogen-bond donors (Lipinski definition) is 1. The van der Waals surface area contributed by atoms with Crippen LogP contribution >= 0.6 is 12.4 Å².